The van der Waals surface area contributed by atoms with Gasteiger partial charge in [-0.3, -0.25) is 4.79 Å². The van der Waals surface area contributed by atoms with Gasteiger partial charge in [-0.15, -0.1) is 0 Å². The number of carbonyl (C=O) groups is 1. The summed E-state index contributed by atoms with van der Waals surface area (Å²) in [5, 5.41) is 3.53. The lowest BCUT2D eigenvalue weighted by Crippen LogP contribution is -2.29. The molecule has 1 N–H and O–H groups in total. The number of benzene rings is 1. The number of rotatable bonds is 9. The van der Waals surface area contributed by atoms with Crippen LogP contribution < -0.4 is 10.1 Å². The smallest absolute Gasteiger partial charge is 0.223 e. The van der Waals surface area contributed by atoms with Gasteiger partial charge in [-0.2, -0.15) is 0 Å². The van der Waals surface area contributed by atoms with Crippen molar-refractivity contribution in [2.75, 3.05) is 13.2 Å². The standard InChI is InChI=1S/C18H26ClNO2/c1-3-13(4-2)11-14-5-8-17(16(19)12-14)22-10-9-20-18(21)15-6-7-15/h5,8,12-13,15H,3-4,6-7,9-11H2,1-2H3,(H,20,21). The predicted octanol–water partition coefficient (Wildman–Crippen LogP) is 4.22. The van der Waals surface area contributed by atoms with Crippen LogP contribution in [0.15, 0.2) is 18.2 Å². The summed E-state index contributed by atoms with van der Waals surface area (Å²) >= 11 is 6.29. The number of halogens is 1. The molecule has 1 aromatic carbocycles. The van der Waals surface area contributed by atoms with Crippen molar-refractivity contribution in [1.29, 1.82) is 0 Å². The van der Waals surface area contributed by atoms with Gasteiger partial charge in [0.05, 0.1) is 11.6 Å². The highest BCUT2D eigenvalue weighted by Crippen LogP contribution is 2.29. The lowest BCUT2D eigenvalue weighted by molar-refractivity contribution is -0.122. The van der Waals surface area contributed by atoms with Crippen molar-refractivity contribution in [1.82, 2.24) is 5.32 Å². The van der Waals surface area contributed by atoms with Crippen molar-refractivity contribution < 1.29 is 9.53 Å². The van der Waals surface area contributed by atoms with Crippen LogP contribution in [0.4, 0.5) is 0 Å². The minimum Gasteiger partial charge on any atom is -0.490 e. The number of amides is 1. The molecule has 0 heterocycles. The van der Waals surface area contributed by atoms with Crippen LogP contribution in [0.1, 0.15) is 45.1 Å². The molecule has 1 saturated carbocycles. The zero-order valence-electron chi connectivity index (χ0n) is 13.5. The van der Waals surface area contributed by atoms with Crippen LogP contribution in [0.5, 0.6) is 5.75 Å². The third-order valence-electron chi connectivity index (χ3n) is 4.28. The Morgan fingerprint density at radius 2 is 2.09 bits per heavy atom. The van der Waals surface area contributed by atoms with Crippen molar-refractivity contribution in [3.8, 4) is 5.75 Å². The van der Waals surface area contributed by atoms with Gasteiger partial charge in [0.15, 0.2) is 0 Å². The normalized spacial score (nSPS) is 14.2. The second kappa shape index (κ2) is 8.42. The fraction of sp³-hybridized carbons (Fsp3) is 0.611. The average Bonchev–Trinajstić information content (AvgIpc) is 3.35. The molecule has 0 atom stereocenters. The molecule has 0 bridgehead atoms. The number of nitrogens with one attached hydrogen (secondary N) is 1. The van der Waals surface area contributed by atoms with E-state index in [9.17, 15) is 4.79 Å². The quantitative estimate of drug-likeness (QED) is 0.691. The number of hydrogen-bond donors (Lipinski definition) is 1. The molecule has 1 aliphatic rings. The topological polar surface area (TPSA) is 38.3 Å². The molecule has 0 spiro atoms. The van der Waals surface area contributed by atoms with Gasteiger partial charge in [-0.1, -0.05) is 44.4 Å². The van der Waals surface area contributed by atoms with E-state index in [0.717, 1.165) is 19.3 Å². The van der Waals surface area contributed by atoms with Gasteiger partial charge < -0.3 is 10.1 Å². The third-order valence-corrected chi connectivity index (χ3v) is 4.58. The fourth-order valence-electron chi connectivity index (χ4n) is 2.52. The number of carbonyl (C=O) groups excluding carboxylic acids is 1. The summed E-state index contributed by atoms with van der Waals surface area (Å²) in [7, 11) is 0. The van der Waals surface area contributed by atoms with Gasteiger partial charge in [0.25, 0.3) is 0 Å². The molecule has 122 valence electrons. The zero-order chi connectivity index (χ0) is 15.9. The van der Waals surface area contributed by atoms with Crippen molar-refractivity contribution in [2.24, 2.45) is 11.8 Å². The third kappa shape index (κ3) is 5.20. The second-order valence-corrected chi connectivity index (χ2v) is 6.47. The number of ether oxygens (including phenoxy) is 1. The molecule has 0 saturated heterocycles. The van der Waals surface area contributed by atoms with Gasteiger partial charge in [0.1, 0.15) is 12.4 Å². The van der Waals surface area contributed by atoms with Crippen molar-refractivity contribution in [3.63, 3.8) is 0 Å². The molecule has 0 aliphatic heterocycles. The van der Waals surface area contributed by atoms with E-state index in [1.807, 2.05) is 12.1 Å². The maximum absolute atomic E-state index is 11.5. The molecule has 2 rings (SSSR count). The van der Waals surface area contributed by atoms with Gasteiger partial charge in [0.2, 0.25) is 5.91 Å². The lowest BCUT2D eigenvalue weighted by atomic mass is 9.95. The molecule has 22 heavy (non-hydrogen) atoms. The Balaban J connectivity index is 1.77. The van der Waals surface area contributed by atoms with Crippen molar-refractivity contribution in [2.45, 2.75) is 46.0 Å². The van der Waals surface area contributed by atoms with E-state index < -0.39 is 0 Å². The van der Waals surface area contributed by atoms with Gasteiger partial charge in [-0.05, 0) is 42.9 Å². The Hall–Kier alpha value is -1.22. The summed E-state index contributed by atoms with van der Waals surface area (Å²) in [6.07, 6.45) is 5.48. The van der Waals surface area contributed by atoms with Crippen LogP contribution in [0.25, 0.3) is 0 Å². The molecule has 0 unspecified atom stereocenters. The minimum absolute atomic E-state index is 0.148. The molecule has 4 heteroatoms. The SMILES string of the molecule is CCC(CC)Cc1ccc(OCCNC(=O)C2CC2)c(Cl)c1. The predicted molar refractivity (Wildman–Crippen MR) is 90.5 cm³/mol. The second-order valence-electron chi connectivity index (χ2n) is 6.07. The highest BCUT2D eigenvalue weighted by Gasteiger charge is 2.29. The summed E-state index contributed by atoms with van der Waals surface area (Å²) in [6.45, 7) is 5.43. The Morgan fingerprint density at radius 1 is 1.36 bits per heavy atom. The van der Waals surface area contributed by atoms with Crippen molar-refractivity contribution in [3.05, 3.63) is 28.8 Å². The average molecular weight is 324 g/mol. The molecule has 1 fully saturated rings. The van der Waals surface area contributed by atoms with E-state index in [1.165, 1.54) is 18.4 Å². The summed E-state index contributed by atoms with van der Waals surface area (Å²) in [5.74, 6) is 1.79. The number of hydrogen-bond acceptors (Lipinski definition) is 2. The van der Waals surface area contributed by atoms with E-state index >= 15 is 0 Å². The Morgan fingerprint density at radius 3 is 2.68 bits per heavy atom. The largest absolute Gasteiger partial charge is 0.490 e. The first-order chi connectivity index (χ1) is 10.6. The summed E-state index contributed by atoms with van der Waals surface area (Å²) in [6, 6.07) is 6.02. The Kier molecular flexibility index (Phi) is 6.56. The van der Waals surface area contributed by atoms with Gasteiger partial charge in [0, 0.05) is 5.92 Å². The van der Waals surface area contributed by atoms with E-state index in [0.29, 0.717) is 29.8 Å². The first-order valence-electron chi connectivity index (χ1n) is 8.33. The van der Waals surface area contributed by atoms with Gasteiger partial charge >= 0.3 is 0 Å². The molecule has 0 aromatic heterocycles. The molecule has 1 aliphatic carbocycles. The van der Waals surface area contributed by atoms with Crippen LogP contribution in [0.2, 0.25) is 5.02 Å². The zero-order valence-corrected chi connectivity index (χ0v) is 14.3. The molecule has 1 amide bonds. The van der Waals surface area contributed by atoms with E-state index in [4.69, 9.17) is 16.3 Å². The summed E-state index contributed by atoms with van der Waals surface area (Å²) < 4.78 is 5.65. The maximum atomic E-state index is 11.5. The highest BCUT2D eigenvalue weighted by atomic mass is 35.5. The van der Waals surface area contributed by atoms with Crippen LogP contribution in [-0.4, -0.2) is 19.1 Å². The Labute approximate surface area is 138 Å². The molecular weight excluding hydrogens is 298 g/mol. The fourth-order valence-corrected chi connectivity index (χ4v) is 2.78. The first kappa shape index (κ1) is 17.1. The van der Waals surface area contributed by atoms with E-state index in [2.05, 4.69) is 25.2 Å². The first-order valence-corrected chi connectivity index (χ1v) is 8.70. The van der Waals surface area contributed by atoms with E-state index in [-0.39, 0.29) is 11.8 Å². The summed E-state index contributed by atoms with van der Waals surface area (Å²) in [5.41, 5.74) is 1.26. The van der Waals surface area contributed by atoms with Crippen LogP contribution in [-0.2, 0) is 11.2 Å². The lowest BCUT2D eigenvalue weighted by Gasteiger charge is -2.14. The molecule has 1 aromatic rings. The maximum Gasteiger partial charge on any atom is 0.223 e. The highest BCUT2D eigenvalue weighted by molar-refractivity contribution is 6.32. The summed E-state index contributed by atoms with van der Waals surface area (Å²) in [4.78, 5) is 11.5. The van der Waals surface area contributed by atoms with Crippen molar-refractivity contribution >= 4 is 17.5 Å². The molecule has 0 radical (unpaired) electrons. The van der Waals surface area contributed by atoms with E-state index in [1.54, 1.807) is 0 Å². The Bertz CT molecular complexity index is 496. The molecule has 3 nitrogen and oxygen atoms in total. The van der Waals surface area contributed by atoms with Gasteiger partial charge in [-0.25, -0.2) is 0 Å². The molecular formula is C18H26ClNO2. The monoisotopic (exact) mass is 323 g/mol. The van der Waals surface area contributed by atoms with Crippen LogP contribution >= 0.6 is 11.6 Å². The van der Waals surface area contributed by atoms with Crippen LogP contribution in [0.3, 0.4) is 0 Å². The van der Waals surface area contributed by atoms with Crippen LogP contribution in [0, 0.1) is 11.8 Å². The minimum atomic E-state index is 0.148.